The summed E-state index contributed by atoms with van der Waals surface area (Å²) >= 11 is 0. The minimum Gasteiger partial charge on any atom is -0.431 e. The van der Waals surface area contributed by atoms with Crippen LogP contribution in [0.1, 0.15) is 67.8 Å². The lowest BCUT2D eigenvalue weighted by molar-refractivity contribution is -0.383. The minimum absolute atomic E-state index is 0.0115. The van der Waals surface area contributed by atoms with Gasteiger partial charge in [-0.05, 0) is 111 Å². The molecule has 3 aliphatic rings. The van der Waals surface area contributed by atoms with Gasteiger partial charge < -0.3 is 29.2 Å². The second-order valence-electron chi connectivity index (χ2n) is 18.1. The number of fused-ring (bicyclic) bond motifs is 4. The Hall–Kier alpha value is -9.27. The summed E-state index contributed by atoms with van der Waals surface area (Å²) in [4.78, 5) is 80.8. The van der Waals surface area contributed by atoms with Crippen LogP contribution in [0, 0.1) is 26.0 Å². The second kappa shape index (κ2) is 20.7. The molecule has 0 spiro atoms. The van der Waals surface area contributed by atoms with Crippen LogP contribution in [-0.2, 0) is 17.4 Å². The van der Waals surface area contributed by atoms with Crippen LogP contribution in [0.5, 0.6) is 0 Å². The first-order valence-electron chi connectivity index (χ1n) is 23.5. The monoisotopic (exact) mass is 1030 g/mol. The van der Waals surface area contributed by atoms with Gasteiger partial charge in [0.25, 0.3) is 28.1 Å². The number of non-ortho nitro benzene ring substituents is 2. The Morgan fingerprint density at radius 2 is 1.03 bits per heavy atom. The summed E-state index contributed by atoms with van der Waals surface area (Å²) < 4.78 is 62.4. The number of rotatable bonds is 8. The standard InChI is InChI=1S/C21H16F4N2O2.C12H10N2O3.C12H12N2O.C9H5NO4/c22-19-12(3-1-5-16(19)21(23,24)25)11-18(28)26-17-6-2-4-15-14(17)9-10-27(20(15)29)13-7-8-13;15-12-10-2-1-3-11(14(16)17)9(10)6-7-13(12)8-4-5-8;13-11-3-1-2-10-9(11)6-7-14(12(10)15)8-4-5-8;11-9-7-2-1-3-8(10(12)13)6(7)4-5-14-9/h1-6,9-10,13H,7-8,11H2,(H,26,28);1-3,6-8H,4-5H2;1-3,6-8H,4-5,13H2;1-5H. The van der Waals surface area contributed by atoms with Crippen LogP contribution in [0.4, 0.5) is 40.3 Å². The molecule has 0 radical (unpaired) electrons. The number of nitrogens with two attached hydrogens (primary N) is 1. The first kappa shape index (κ1) is 50.7. The van der Waals surface area contributed by atoms with Gasteiger partial charge >= 0.3 is 11.8 Å². The molecule has 0 saturated heterocycles. The first-order chi connectivity index (χ1) is 35.9. The van der Waals surface area contributed by atoms with Crippen molar-refractivity contribution in [3.63, 3.8) is 0 Å². The summed E-state index contributed by atoms with van der Waals surface area (Å²) in [6.45, 7) is 0. The van der Waals surface area contributed by atoms with Gasteiger partial charge in [0.05, 0.1) is 49.6 Å². The van der Waals surface area contributed by atoms with Crippen molar-refractivity contribution in [2.45, 2.75) is 69.2 Å². The van der Waals surface area contributed by atoms with Crippen LogP contribution in [0.3, 0.4) is 0 Å². The van der Waals surface area contributed by atoms with Gasteiger partial charge in [-0.25, -0.2) is 9.18 Å². The number of carbonyl (C=O) groups is 1. The number of nitro benzene ring substituents is 2. The zero-order valence-corrected chi connectivity index (χ0v) is 39.4. The van der Waals surface area contributed by atoms with Crippen molar-refractivity contribution < 1.29 is 36.6 Å². The minimum atomic E-state index is -4.84. The van der Waals surface area contributed by atoms with Gasteiger partial charge in [-0.3, -0.25) is 39.4 Å². The highest BCUT2D eigenvalue weighted by atomic mass is 19.4. The summed E-state index contributed by atoms with van der Waals surface area (Å²) in [5, 5.41) is 27.9. The number of hydrogen-bond acceptors (Lipinski definition) is 11. The molecule has 21 heteroatoms. The van der Waals surface area contributed by atoms with E-state index in [-0.39, 0.29) is 51.1 Å². The number of carbonyl (C=O) groups excluding carboxylic acids is 1. The number of amides is 1. The molecule has 4 heterocycles. The molecule has 75 heavy (non-hydrogen) atoms. The van der Waals surface area contributed by atoms with Gasteiger partial charge in [-0.1, -0.05) is 36.4 Å². The van der Waals surface area contributed by atoms with E-state index in [2.05, 4.69) is 9.73 Å². The van der Waals surface area contributed by atoms with Gasteiger partial charge in [0.2, 0.25) is 5.91 Å². The number of halogens is 4. The molecule has 5 aromatic carbocycles. The highest BCUT2D eigenvalue weighted by molar-refractivity contribution is 6.02. The zero-order valence-electron chi connectivity index (χ0n) is 39.4. The predicted octanol–water partition coefficient (Wildman–Crippen LogP) is 10.5. The van der Waals surface area contributed by atoms with E-state index in [1.54, 1.807) is 64.0 Å². The quantitative estimate of drug-likeness (QED) is 0.0628. The number of benzene rings is 5. The molecule has 12 rings (SSSR count). The number of aromatic nitrogens is 3. The van der Waals surface area contributed by atoms with E-state index in [0.29, 0.717) is 50.4 Å². The van der Waals surface area contributed by atoms with Crippen molar-refractivity contribution in [3.8, 4) is 0 Å². The highest BCUT2D eigenvalue weighted by Crippen LogP contribution is 2.37. The Bertz CT molecular complexity index is 3990. The van der Waals surface area contributed by atoms with Crippen LogP contribution >= 0.6 is 0 Å². The van der Waals surface area contributed by atoms with Crippen LogP contribution in [0.25, 0.3) is 43.1 Å². The number of anilines is 2. The predicted molar refractivity (Wildman–Crippen MR) is 273 cm³/mol. The van der Waals surface area contributed by atoms with E-state index in [9.17, 15) is 61.8 Å². The van der Waals surface area contributed by atoms with E-state index in [1.165, 1.54) is 30.3 Å². The third-order valence-electron chi connectivity index (χ3n) is 12.9. The number of hydrogen-bond donors (Lipinski definition) is 2. The third-order valence-corrected chi connectivity index (χ3v) is 12.9. The fourth-order valence-corrected chi connectivity index (χ4v) is 8.67. The largest absolute Gasteiger partial charge is 0.431 e. The van der Waals surface area contributed by atoms with Crippen molar-refractivity contribution >= 4 is 71.7 Å². The molecule has 382 valence electrons. The van der Waals surface area contributed by atoms with Crippen molar-refractivity contribution in [1.82, 2.24) is 13.7 Å². The number of nitro groups is 2. The van der Waals surface area contributed by atoms with E-state index in [4.69, 9.17) is 5.73 Å². The molecule has 4 aromatic heterocycles. The number of nitrogen functional groups attached to an aromatic ring is 1. The molecule has 0 atom stereocenters. The van der Waals surface area contributed by atoms with Crippen molar-refractivity contribution in [2.24, 2.45) is 0 Å². The molecule has 0 bridgehead atoms. The zero-order chi connectivity index (χ0) is 53.3. The molecule has 3 aliphatic carbocycles. The van der Waals surface area contributed by atoms with E-state index in [1.807, 2.05) is 35.0 Å². The van der Waals surface area contributed by atoms with Gasteiger partial charge in [-0.15, -0.1) is 0 Å². The summed E-state index contributed by atoms with van der Waals surface area (Å²) in [5.41, 5.74) is 4.21. The topological polar surface area (TPSA) is 238 Å². The lowest BCUT2D eigenvalue weighted by Gasteiger charge is -2.13. The van der Waals surface area contributed by atoms with Crippen LogP contribution < -0.4 is 33.4 Å². The second-order valence-corrected chi connectivity index (χ2v) is 18.1. The van der Waals surface area contributed by atoms with E-state index < -0.39 is 45.4 Å². The molecule has 17 nitrogen and oxygen atoms in total. The molecule has 3 fully saturated rings. The number of nitrogens with zero attached hydrogens (tertiary/aromatic N) is 5. The summed E-state index contributed by atoms with van der Waals surface area (Å²) in [7, 11) is 0. The molecule has 0 unspecified atom stereocenters. The van der Waals surface area contributed by atoms with Crippen molar-refractivity contribution in [3.05, 3.63) is 219 Å². The Labute approximate surface area is 420 Å². The highest BCUT2D eigenvalue weighted by Gasteiger charge is 2.35. The first-order valence-corrected chi connectivity index (χ1v) is 23.5. The molecule has 1 amide bonds. The lowest BCUT2D eigenvalue weighted by atomic mass is 10.1. The maximum atomic E-state index is 14.2. The number of pyridine rings is 3. The van der Waals surface area contributed by atoms with Gasteiger partial charge in [0.1, 0.15) is 5.82 Å². The Kier molecular flexibility index (Phi) is 14.0. The molecule has 0 aliphatic heterocycles. The average molecular weight is 1030 g/mol. The van der Waals surface area contributed by atoms with Crippen LogP contribution in [0.15, 0.2) is 164 Å². The summed E-state index contributed by atoms with van der Waals surface area (Å²) in [6.07, 6.45) is 7.10. The Morgan fingerprint density at radius 1 is 0.587 bits per heavy atom. The third kappa shape index (κ3) is 10.9. The number of alkyl halides is 3. The smallest absolute Gasteiger partial charge is 0.419 e. The molecular formula is C54H43F4N7O10. The van der Waals surface area contributed by atoms with E-state index >= 15 is 0 Å². The maximum absolute atomic E-state index is 14.2. The normalized spacial score (nSPS) is 14.0. The SMILES string of the molecule is Nc1cccc2c(=O)n(C3CC3)ccc12.O=C(Cc1cccc(C(F)(F)F)c1F)Nc1cccc2c(=O)n(C3CC3)ccc12.O=c1c2cccc([N+](=O)[O-])c2ccn1C1CC1.O=c1occc2c([N+](=O)[O-])cccc12. The average Bonchev–Trinajstić information content (AvgIpc) is 4.20. The van der Waals surface area contributed by atoms with E-state index in [0.717, 1.165) is 67.7 Å². The summed E-state index contributed by atoms with van der Waals surface area (Å²) in [5.74, 6) is -2.14. The van der Waals surface area contributed by atoms with Crippen molar-refractivity contribution in [1.29, 1.82) is 0 Å². The van der Waals surface area contributed by atoms with Crippen LogP contribution in [0.2, 0.25) is 0 Å². The fourth-order valence-electron chi connectivity index (χ4n) is 8.67. The fraction of sp³-hybridized carbons (Fsp3) is 0.204. The maximum Gasteiger partial charge on any atom is 0.419 e. The van der Waals surface area contributed by atoms with Gasteiger partial charge in [0, 0.05) is 81.8 Å². The Balaban J connectivity index is 0.000000129. The summed E-state index contributed by atoms with van der Waals surface area (Å²) in [6, 6.07) is 29.7. The molecule has 9 aromatic rings. The van der Waals surface area contributed by atoms with Crippen molar-refractivity contribution in [2.75, 3.05) is 11.1 Å². The lowest BCUT2D eigenvalue weighted by Crippen LogP contribution is -2.20. The number of nitrogens with one attached hydrogen (secondary N) is 1. The molecular weight excluding hydrogens is 983 g/mol. The van der Waals surface area contributed by atoms with Gasteiger partial charge in [0.15, 0.2) is 0 Å². The Morgan fingerprint density at radius 3 is 1.55 bits per heavy atom. The van der Waals surface area contributed by atoms with Crippen LogP contribution in [-0.4, -0.2) is 29.5 Å². The molecule has 3 saturated carbocycles. The van der Waals surface area contributed by atoms with Gasteiger partial charge in [-0.2, -0.15) is 13.2 Å². The molecule has 3 N–H and O–H groups in total.